The third-order valence-corrected chi connectivity index (χ3v) is 4.80. The normalized spacial score (nSPS) is 19.9. The van der Waals surface area contributed by atoms with E-state index in [0.29, 0.717) is 0 Å². The van der Waals surface area contributed by atoms with Crippen molar-refractivity contribution in [1.82, 2.24) is 4.90 Å². The summed E-state index contributed by atoms with van der Waals surface area (Å²) in [5.41, 5.74) is 3.66. The molecule has 102 valence electrons. The highest BCUT2D eigenvalue weighted by molar-refractivity contribution is 5.43. The molecule has 1 saturated heterocycles. The smallest absolute Gasteiger partial charge is 0.127 e. The molecule has 1 aliphatic heterocycles. The van der Waals surface area contributed by atoms with Crippen LogP contribution in [-0.2, 0) is 18.4 Å². The molecule has 4 rings (SSSR count). The van der Waals surface area contributed by atoms with Gasteiger partial charge in [-0.2, -0.15) is 0 Å². The quantitative estimate of drug-likeness (QED) is 0.804. The Balaban J connectivity index is 1.52. The van der Waals surface area contributed by atoms with Crippen LogP contribution in [0, 0.1) is 5.82 Å². The van der Waals surface area contributed by atoms with Crippen LogP contribution in [0.1, 0.15) is 23.1 Å². The fourth-order valence-corrected chi connectivity index (χ4v) is 3.95. The summed E-state index contributed by atoms with van der Waals surface area (Å²) >= 11 is 0. The second-order valence-electron chi connectivity index (χ2n) is 6.19. The molecule has 0 amide bonds. The van der Waals surface area contributed by atoms with Crippen molar-refractivity contribution in [1.29, 1.82) is 0 Å². The number of benzene rings is 2. The first-order valence-electron chi connectivity index (χ1n) is 7.31. The highest BCUT2D eigenvalue weighted by atomic mass is 19.1. The number of fused-ring (bicyclic) bond motifs is 2. The van der Waals surface area contributed by atoms with Gasteiger partial charge in [0.1, 0.15) is 5.82 Å². The monoisotopic (exact) mass is 267 g/mol. The second kappa shape index (κ2) is 4.42. The molecule has 0 N–H and O–H groups in total. The predicted octanol–water partition coefficient (Wildman–Crippen LogP) is 3.53. The van der Waals surface area contributed by atoms with Gasteiger partial charge in [0.15, 0.2) is 0 Å². The summed E-state index contributed by atoms with van der Waals surface area (Å²) in [7, 11) is 0. The fraction of sp³-hybridized carbons (Fsp3) is 0.333. The van der Waals surface area contributed by atoms with E-state index in [0.717, 1.165) is 38.0 Å². The highest BCUT2D eigenvalue weighted by Gasteiger charge is 2.49. The Hall–Kier alpha value is -1.67. The van der Waals surface area contributed by atoms with Crippen molar-refractivity contribution >= 4 is 0 Å². The van der Waals surface area contributed by atoms with Crippen molar-refractivity contribution < 1.29 is 4.39 Å². The molecule has 0 aromatic heterocycles. The molecule has 1 heterocycles. The first-order valence-corrected chi connectivity index (χ1v) is 7.31. The summed E-state index contributed by atoms with van der Waals surface area (Å²) < 4.78 is 14.1. The van der Waals surface area contributed by atoms with Gasteiger partial charge in [-0.3, -0.25) is 4.90 Å². The molecule has 1 aliphatic carbocycles. The molecule has 0 atom stereocenters. The average molecular weight is 267 g/mol. The number of halogens is 1. The minimum absolute atomic E-state index is 0.000592. The first kappa shape index (κ1) is 12.1. The van der Waals surface area contributed by atoms with E-state index in [2.05, 4.69) is 35.2 Å². The van der Waals surface area contributed by atoms with Crippen LogP contribution in [0.15, 0.2) is 48.5 Å². The minimum Gasteiger partial charge on any atom is -0.297 e. The van der Waals surface area contributed by atoms with E-state index in [1.807, 2.05) is 12.1 Å². The van der Waals surface area contributed by atoms with E-state index in [-0.39, 0.29) is 11.2 Å². The third kappa shape index (κ3) is 1.79. The molecule has 0 bridgehead atoms. The number of rotatable bonds is 2. The second-order valence-corrected chi connectivity index (χ2v) is 6.19. The van der Waals surface area contributed by atoms with E-state index < -0.39 is 0 Å². The van der Waals surface area contributed by atoms with Crippen molar-refractivity contribution in [3.63, 3.8) is 0 Å². The number of aryl methyl sites for hydroxylation is 1. The molecule has 0 radical (unpaired) electrons. The van der Waals surface area contributed by atoms with Gasteiger partial charge in [-0.25, -0.2) is 4.39 Å². The largest absolute Gasteiger partial charge is 0.297 e. The first-order chi connectivity index (χ1) is 9.77. The summed E-state index contributed by atoms with van der Waals surface area (Å²) in [6.45, 7) is 2.97. The van der Waals surface area contributed by atoms with Crippen LogP contribution in [0.3, 0.4) is 0 Å². The van der Waals surface area contributed by atoms with Crippen LogP contribution in [-0.4, -0.2) is 18.0 Å². The maximum absolute atomic E-state index is 14.1. The van der Waals surface area contributed by atoms with Gasteiger partial charge in [-0.1, -0.05) is 42.5 Å². The topological polar surface area (TPSA) is 3.24 Å². The van der Waals surface area contributed by atoms with Crippen molar-refractivity contribution in [3.8, 4) is 0 Å². The maximum Gasteiger partial charge on any atom is 0.127 e. The molecule has 2 aromatic carbocycles. The van der Waals surface area contributed by atoms with Crippen LogP contribution in [0.2, 0.25) is 0 Å². The molecule has 2 heteroatoms. The van der Waals surface area contributed by atoms with Crippen LogP contribution in [0.5, 0.6) is 0 Å². The molecular formula is C18H18FN. The Morgan fingerprint density at radius 2 is 1.80 bits per heavy atom. The molecule has 20 heavy (non-hydrogen) atoms. The van der Waals surface area contributed by atoms with E-state index in [1.165, 1.54) is 11.1 Å². The van der Waals surface area contributed by atoms with Crippen molar-refractivity contribution in [2.24, 2.45) is 0 Å². The van der Waals surface area contributed by atoms with E-state index in [1.54, 1.807) is 6.07 Å². The molecular weight excluding hydrogens is 249 g/mol. The summed E-state index contributed by atoms with van der Waals surface area (Å²) in [5, 5.41) is 0. The summed E-state index contributed by atoms with van der Waals surface area (Å²) in [5.74, 6) is -0.000592. The molecule has 0 unspecified atom stereocenters. The number of likely N-dealkylation sites (tertiary alicyclic amines) is 1. The Morgan fingerprint density at radius 1 is 1.00 bits per heavy atom. The van der Waals surface area contributed by atoms with Crippen molar-refractivity contribution in [2.45, 2.75) is 24.8 Å². The van der Waals surface area contributed by atoms with E-state index >= 15 is 0 Å². The van der Waals surface area contributed by atoms with Crippen molar-refractivity contribution in [2.75, 3.05) is 13.1 Å². The van der Waals surface area contributed by atoms with Gasteiger partial charge in [0.25, 0.3) is 0 Å². The van der Waals surface area contributed by atoms with Crippen LogP contribution in [0.25, 0.3) is 0 Å². The Kier molecular flexibility index (Phi) is 2.67. The highest BCUT2D eigenvalue weighted by Crippen LogP contribution is 2.46. The fourth-order valence-electron chi connectivity index (χ4n) is 3.95. The SMILES string of the molecule is Fc1cccc2c1C1(CC2)CN(Cc2ccccc2)C1. The summed E-state index contributed by atoms with van der Waals surface area (Å²) in [6, 6.07) is 16.1. The number of hydrogen-bond donors (Lipinski definition) is 0. The van der Waals surface area contributed by atoms with Gasteiger partial charge in [0.05, 0.1) is 0 Å². The molecule has 1 fully saturated rings. The van der Waals surface area contributed by atoms with Crippen LogP contribution < -0.4 is 0 Å². The number of hydrogen-bond acceptors (Lipinski definition) is 1. The maximum atomic E-state index is 14.1. The Labute approximate surface area is 119 Å². The average Bonchev–Trinajstić information content (AvgIpc) is 2.81. The van der Waals surface area contributed by atoms with Crippen molar-refractivity contribution in [3.05, 3.63) is 71.0 Å². The van der Waals surface area contributed by atoms with Gasteiger partial charge in [0.2, 0.25) is 0 Å². The van der Waals surface area contributed by atoms with Crippen LogP contribution >= 0.6 is 0 Å². The summed E-state index contributed by atoms with van der Waals surface area (Å²) in [4.78, 5) is 2.43. The van der Waals surface area contributed by atoms with Crippen LogP contribution in [0.4, 0.5) is 4.39 Å². The third-order valence-electron chi connectivity index (χ3n) is 4.80. The Morgan fingerprint density at radius 3 is 2.60 bits per heavy atom. The zero-order valence-corrected chi connectivity index (χ0v) is 11.5. The van der Waals surface area contributed by atoms with E-state index in [4.69, 9.17) is 0 Å². The zero-order chi connectivity index (χ0) is 13.6. The zero-order valence-electron chi connectivity index (χ0n) is 11.5. The van der Waals surface area contributed by atoms with Gasteiger partial charge in [0, 0.05) is 25.0 Å². The van der Waals surface area contributed by atoms with Gasteiger partial charge in [-0.05, 0) is 35.6 Å². The Bertz CT molecular complexity index is 629. The molecule has 2 aliphatic rings. The lowest BCUT2D eigenvalue weighted by Crippen LogP contribution is -2.57. The lowest BCUT2D eigenvalue weighted by atomic mass is 9.74. The molecule has 1 spiro atoms. The lowest BCUT2D eigenvalue weighted by molar-refractivity contribution is 0.0560. The molecule has 1 nitrogen and oxygen atoms in total. The van der Waals surface area contributed by atoms with Gasteiger partial charge >= 0.3 is 0 Å². The predicted molar refractivity (Wildman–Crippen MR) is 78.1 cm³/mol. The lowest BCUT2D eigenvalue weighted by Gasteiger charge is -2.49. The standard InChI is InChI=1S/C18H18FN/c19-16-8-4-7-15-9-10-18(17(15)16)12-20(13-18)11-14-5-2-1-3-6-14/h1-8H,9-13H2. The van der Waals surface area contributed by atoms with Gasteiger partial charge in [-0.15, -0.1) is 0 Å². The number of nitrogens with zero attached hydrogens (tertiary/aromatic N) is 1. The summed E-state index contributed by atoms with van der Waals surface area (Å²) in [6.07, 6.45) is 2.14. The minimum atomic E-state index is -0.000592. The molecule has 2 aromatic rings. The van der Waals surface area contributed by atoms with Gasteiger partial charge < -0.3 is 0 Å². The molecule has 0 saturated carbocycles. The van der Waals surface area contributed by atoms with E-state index in [9.17, 15) is 4.39 Å².